The van der Waals surface area contributed by atoms with Gasteiger partial charge in [-0.05, 0) is 45.7 Å². The number of hydrogen-bond acceptors (Lipinski definition) is 4. The Labute approximate surface area is 120 Å². The number of benzene rings is 1. The van der Waals surface area contributed by atoms with Gasteiger partial charge < -0.3 is 10.6 Å². The molecule has 0 amide bonds. The highest BCUT2D eigenvalue weighted by Crippen LogP contribution is 2.28. The lowest BCUT2D eigenvalue weighted by atomic mass is 10.0. The molecule has 0 aliphatic rings. The van der Waals surface area contributed by atoms with Crippen LogP contribution in [0.15, 0.2) is 12.1 Å². The zero-order valence-corrected chi connectivity index (χ0v) is 13.0. The summed E-state index contributed by atoms with van der Waals surface area (Å²) in [5.41, 5.74) is 5.88. The van der Waals surface area contributed by atoms with Crippen molar-refractivity contribution in [3.63, 3.8) is 0 Å². The van der Waals surface area contributed by atoms with Gasteiger partial charge in [-0.1, -0.05) is 17.7 Å². The van der Waals surface area contributed by atoms with E-state index in [1.165, 1.54) is 16.7 Å². The molecule has 2 N–H and O–H groups in total. The van der Waals surface area contributed by atoms with Gasteiger partial charge in [0.05, 0.1) is 0 Å². The number of hydrogen-bond donors (Lipinski definition) is 2. The van der Waals surface area contributed by atoms with Gasteiger partial charge in [0.1, 0.15) is 17.5 Å². The van der Waals surface area contributed by atoms with Crippen LogP contribution >= 0.6 is 0 Å². The molecule has 0 saturated heterocycles. The zero-order valence-electron chi connectivity index (χ0n) is 13.0. The summed E-state index contributed by atoms with van der Waals surface area (Å²) in [5.74, 6) is 2.48. The highest BCUT2D eigenvalue weighted by molar-refractivity contribution is 5.69. The van der Waals surface area contributed by atoms with Gasteiger partial charge in [-0.25, -0.2) is 9.97 Å². The number of aryl methyl sites for hydroxylation is 4. The lowest BCUT2D eigenvalue weighted by molar-refractivity contribution is 1.03. The zero-order chi connectivity index (χ0) is 14.9. The van der Waals surface area contributed by atoms with Gasteiger partial charge in [0, 0.05) is 18.3 Å². The van der Waals surface area contributed by atoms with E-state index < -0.39 is 0 Å². The highest BCUT2D eigenvalue weighted by atomic mass is 15.1. The smallest absolute Gasteiger partial charge is 0.139 e. The van der Waals surface area contributed by atoms with Crippen molar-refractivity contribution in [3.05, 3.63) is 40.2 Å². The van der Waals surface area contributed by atoms with Crippen LogP contribution in [0.2, 0.25) is 0 Å². The Balaban J connectivity index is 2.48. The molecule has 0 aliphatic heterocycles. The summed E-state index contributed by atoms with van der Waals surface area (Å²) < 4.78 is 0. The molecular formula is C16H22N4. The van der Waals surface area contributed by atoms with E-state index in [1.807, 2.05) is 20.9 Å². The van der Waals surface area contributed by atoms with Gasteiger partial charge in [0.2, 0.25) is 0 Å². The Bertz CT molecular complexity index is 624. The summed E-state index contributed by atoms with van der Waals surface area (Å²) in [5, 5.41) is 6.57. The molecular weight excluding hydrogens is 248 g/mol. The minimum atomic E-state index is 0.755. The van der Waals surface area contributed by atoms with Crippen LogP contribution in [0.1, 0.15) is 28.1 Å². The molecule has 20 heavy (non-hydrogen) atoms. The molecule has 106 valence electrons. The maximum Gasteiger partial charge on any atom is 0.139 e. The predicted molar refractivity (Wildman–Crippen MR) is 85.0 cm³/mol. The lowest BCUT2D eigenvalue weighted by Gasteiger charge is -2.16. The number of rotatable bonds is 3. The predicted octanol–water partition coefficient (Wildman–Crippen LogP) is 3.80. The minimum absolute atomic E-state index is 0.755. The topological polar surface area (TPSA) is 49.8 Å². The van der Waals surface area contributed by atoms with Crippen molar-refractivity contribution >= 4 is 17.3 Å². The summed E-state index contributed by atoms with van der Waals surface area (Å²) in [4.78, 5) is 8.91. The fourth-order valence-corrected chi connectivity index (χ4v) is 2.49. The molecule has 0 radical (unpaired) electrons. The van der Waals surface area contributed by atoms with E-state index in [2.05, 4.69) is 53.5 Å². The summed E-state index contributed by atoms with van der Waals surface area (Å²) in [6, 6.07) is 4.36. The second-order valence-electron chi connectivity index (χ2n) is 5.24. The van der Waals surface area contributed by atoms with E-state index >= 15 is 0 Å². The Morgan fingerprint density at radius 3 is 1.95 bits per heavy atom. The van der Waals surface area contributed by atoms with E-state index in [9.17, 15) is 0 Å². The SMILES string of the molecule is CNc1nc(C)nc(Nc2c(C)cc(C)cc2C)c1C. The van der Waals surface area contributed by atoms with Crippen LogP contribution in [0.25, 0.3) is 0 Å². The third-order valence-electron chi connectivity index (χ3n) is 3.41. The van der Waals surface area contributed by atoms with E-state index in [-0.39, 0.29) is 0 Å². The normalized spacial score (nSPS) is 10.5. The molecule has 0 spiro atoms. The third-order valence-corrected chi connectivity index (χ3v) is 3.41. The maximum atomic E-state index is 4.52. The average molecular weight is 270 g/mol. The first-order chi connectivity index (χ1) is 9.42. The van der Waals surface area contributed by atoms with E-state index in [0.29, 0.717) is 0 Å². The maximum absolute atomic E-state index is 4.52. The molecule has 1 heterocycles. The van der Waals surface area contributed by atoms with Gasteiger partial charge in [-0.3, -0.25) is 0 Å². The molecule has 0 saturated carbocycles. The Morgan fingerprint density at radius 1 is 0.850 bits per heavy atom. The Kier molecular flexibility index (Phi) is 3.93. The van der Waals surface area contributed by atoms with Crippen LogP contribution in [0.4, 0.5) is 17.3 Å². The van der Waals surface area contributed by atoms with Gasteiger partial charge >= 0.3 is 0 Å². The molecule has 0 aliphatic carbocycles. The number of anilines is 3. The standard InChI is InChI=1S/C16H22N4/c1-9-7-10(2)14(11(3)8-9)20-16-12(4)15(17-6)18-13(5)19-16/h7-8H,1-6H3,(H2,17,18,19,20). The van der Waals surface area contributed by atoms with Crippen molar-refractivity contribution in [2.45, 2.75) is 34.6 Å². The van der Waals surface area contributed by atoms with E-state index in [1.54, 1.807) is 0 Å². The van der Waals surface area contributed by atoms with Crippen molar-refractivity contribution in [2.24, 2.45) is 0 Å². The van der Waals surface area contributed by atoms with Gasteiger partial charge in [0.25, 0.3) is 0 Å². The van der Waals surface area contributed by atoms with Gasteiger partial charge in [-0.2, -0.15) is 0 Å². The molecule has 2 aromatic rings. The largest absolute Gasteiger partial charge is 0.373 e. The Morgan fingerprint density at radius 2 is 1.40 bits per heavy atom. The van der Waals surface area contributed by atoms with Crippen molar-refractivity contribution < 1.29 is 0 Å². The summed E-state index contributed by atoms with van der Waals surface area (Å²) in [6.07, 6.45) is 0. The molecule has 0 unspecified atom stereocenters. The van der Waals surface area contributed by atoms with Crippen molar-refractivity contribution in [1.82, 2.24) is 9.97 Å². The molecule has 4 heteroatoms. The van der Waals surface area contributed by atoms with Gasteiger partial charge in [-0.15, -0.1) is 0 Å². The first-order valence-electron chi connectivity index (χ1n) is 6.80. The molecule has 1 aromatic heterocycles. The molecule has 1 aromatic carbocycles. The minimum Gasteiger partial charge on any atom is -0.373 e. The summed E-state index contributed by atoms with van der Waals surface area (Å²) in [7, 11) is 1.88. The first-order valence-corrected chi connectivity index (χ1v) is 6.80. The molecule has 4 nitrogen and oxygen atoms in total. The lowest BCUT2D eigenvalue weighted by Crippen LogP contribution is -2.06. The number of aromatic nitrogens is 2. The molecule has 2 rings (SSSR count). The van der Waals surface area contributed by atoms with Crippen LogP contribution in [0.5, 0.6) is 0 Å². The number of nitrogens with one attached hydrogen (secondary N) is 2. The number of nitrogens with zero attached hydrogens (tertiary/aromatic N) is 2. The fourth-order valence-electron chi connectivity index (χ4n) is 2.49. The van der Waals surface area contributed by atoms with Crippen LogP contribution in [0, 0.1) is 34.6 Å². The van der Waals surface area contributed by atoms with Crippen molar-refractivity contribution in [2.75, 3.05) is 17.7 Å². The molecule has 0 fully saturated rings. The second kappa shape index (κ2) is 5.49. The van der Waals surface area contributed by atoms with Crippen LogP contribution in [0.3, 0.4) is 0 Å². The van der Waals surface area contributed by atoms with Crippen LogP contribution in [-0.2, 0) is 0 Å². The Hall–Kier alpha value is -2.10. The van der Waals surface area contributed by atoms with Crippen LogP contribution < -0.4 is 10.6 Å². The van der Waals surface area contributed by atoms with Crippen LogP contribution in [-0.4, -0.2) is 17.0 Å². The van der Waals surface area contributed by atoms with E-state index in [4.69, 9.17) is 0 Å². The first kappa shape index (κ1) is 14.3. The fraction of sp³-hybridized carbons (Fsp3) is 0.375. The summed E-state index contributed by atoms with van der Waals surface area (Å²) >= 11 is 0. The molecule has 0 atom stereocenters. The van der Waals surface area contributed by atoms with Crippen molar-refractivity contribution in [3.8, 4) is 0 Å². The van der Waals surface area contributed by atoms with E-state index in [0.717, 1.165) is 28.7 Å². The quantitative estimate of drug-likeness (QED) is 0.890. The average Bonchev–Trinajstić information content (AvgIpc) is 2.37. The summed E-state index contributed by atoms with van der Waals surface area (Å²) in [6.45, 7) is 10.3. The van der Waals surface area contributed by atoms with Crippen molar-refractivity contribution in [1.29, 1.82) is 0 Å². The monoisotopic (exact) mass is 270 g/mol. The highest BCUT2D eigenvalue weighted by Gasteiger charge is 2.11. The second-order valence-corrected chi connectivity index (χ2v) is 5.24. The third kappa shape index (κ3) is 2.74. The van der Waals surface area contributed by atoms with Gasteiger partial charge in [0.15, 0.2) is 0 Å². The molecule has 0 bridgehead atoms.